The third-order valence-corrected chi connectivity index (χ3v) is 2.51. The van der Waals surface area contributed by atoms with Crippen LogP contribution in [0.15, 0.2) is 0 Å². The minimum atomic E-state index is -0.230. The van der Waals surface area contributed by atoms with E-state index in [1.807, 2.05) is 14.0 Å². The Morgan fingerprint density at radius 1 is 1.54 bits per heavy atom. The number of rotatable bonds is 5. The molecule has 0 aromatic heterocycles. The van der Waals surface area contributed by atoms with Crippen LogP contribution < -0.4 is 5.32 Å². The minimum Gasteiger partial charge on any atom is -0.390 e. The van der Waals surface area contributed by atoms with Crippen molar-refractivity contribution in [2.75, 3.05) is 39.9 Å². The van der Waals surface area contributed by atoms with Crippen LogP contribution in [0, 0.1) is 0 Å². The second-order valence-electron chi connectivity index (χ2n) is 3.47. The molecule has 1 aliphatic heterocycles. The molecule has 0 aromatic carbocycles. The quantitative estimate of drug-likeness (QED) is 0.559. The fraction of sp³-hybridized carbons (Fsp3) is 1.00. The first kappa shape index (κ1) is 10.9. The standard InChI is InChI=1S/C9H20N2O2/c1-3-13-5-4-11(2)8-6-10-7-9(8)12/h8-10,12H,3-7H2,1-2H3. The molecule has 0 aliphatic carbocycles. The minimum absolute atomic E-state index is 0.230. The van der Waals surface area contributed by atoms with Crippen LogP contribution >= 0.6 is 0 Å². The predicted octanol–water partition coefficient (Wildman–Crippen LogP) is -0.713. The van der Waals surface area contributed by atoms with Crippen LogP contribution in [0.4, 0.5) is 0 Å². The Kier molecular flexibility index (Phi) is 4.66. The van der Waals surface area contributed by atoms with Gasteiger partial charge in [0.15, 0.2) is 0 Å². The molecule has 0 bridgehead atoms. The van der Waals surface area contributed by atoms with Crippen molar-refractivity contribution in [3.63, 3.8) is 0 Å². The summed E-state index contributed by atoms with van der Waals surface area (Å²) in [7, 11) is 2.03. The molecule has 2 atom stereocenters. The molecular formula is C9H20N2O2. The number of hydrogen-bond acceptors (Lipinski definition) is 4. The van der Waals surface area contributed by atoms with E-state index in [-0.39, 0.29) is 12.1 Å². The molecule has 1 saturated heterocycles. The Hall–Kier alpha value is -0.160. The zero-order valence-electron chi connectivity index (χ0n) is 8.49. The van der Waals surface area contributed by atoms with Crippen molar-refractivity contribution in [2.24, 2.45) is 0 Å². The van der Waals surface area contributed by atoms with Gasteiger partial charge in [0, 0.05) is 32.3 Å². The molecule has 1 heterocycles. The van der Waals surface area contributed by atoms with Gasteiger partial charge in [0.1, 0.15) is 0 Å². The van der Waals surface area contributed by atoms with E-state index in [1.54, 1.807) is 0 Å². The fourth-order valence-corrected chi connectivity index (χ4v) is 1.62. The van der Waals surface area contributed by atoms with Crippen LogP contribution in [-0.2, 0) is 4.74 Å². The van der Waals surface area contributed by atoms with Gasteiger partial charge in [-0.05, 0) is 14.0 Å². The Morgan fingerprint density at radius 3 is 2.85 bits per heavy atom. The number of aliphatic hydroxyl groups is 1. The van der Waals surface area contributed by atoms with Gasteiger partial charge in [-0.25, -0.2) is 0 Å². The van der Waals surface area contributed by atoms with E-state index in [9.17, 15) is 5.11 Å². The number of aliphatic hydroxyl groups excluding tert-OH is 1. The van der Waals surface area contributed by atoms with Crippen LogP contribution in [0.2, 0.25) is 0 Å². The Labute approximate surface area is 79.9 Å². The molecule has 0 saturated carbocycles. The van der Waals surface area contributed by atoms with Gasteiger partial charge in [0.05, 0.1) is 12.7 Å². The highest BCUT2D eigenvalue weighted by atomic mass is 16.5. The average Bonchev–Trinajstić information content (AvgIpc) is 2.52. The highest BCUT2D eigenvalue weighted by Gasteiger charge is 2.27. The van der Waals surface area contributed by atoms with Gasteiger partial charge in [-0.2, -0.15) is 0 Å². The van der Waals surface area contributed by atoms with Crippen molar-refractivity contribution < 1.29 is 9.84 Å². The normalized spacial score (nSPS) is 28.6. The van der Waals surface area contributed by atoms with Gasteiger partial charge in [-0.15, -0.1) is 0 Å². The first-order valence-corrected chi connectivity index (χ1v) is 4.92. The molecule has 0 spiro atoms. The van der Waals surface area contributed by atoms with Crippen molar-refractivity contribution in [1.29, 1.82) is 0 Å². The highest BCUT2D eigenvalue weighted by molar-refractivity contribution is 4.87. The van der Waals surface area contributed by atoms with Gasteiger partial charge in [0.2, 0.25) is 0 Å². The molecule has 4 heteroatoms. The van der Waals surface area contributed by atoms with Crippen LogP contribution in [0.3, 0.4) is 0 Å². The Bertz CT molecular complexity index is 144. The molecule has 0 radical (unpaired) electrons. The molecule has 78 valence electrons. The first-order chi connectivity index (χ1) is 6.25. The molecule has 4 nitrogen and oxygen atoms in total. The number of hydrogen-bond donors (Lipinski definition) is 2. The van der Waals surface area contributed by atoms with E-state index >= 15 is 0 Å². The lowest BCUT2D eigenvalue weighted by Crippen LogP contribution is -2.42. The summed E-state index contributed by atoms with van der Waals surface area (Å²) in [5.74, 6) is 0. The number of likely N-dealkylation sites (N-methyl/N-ethyl adjacent to an activating group) is 1. The van der Waals surface area contributed by atoms with E-state index in [1.165, 1.54) is 0 Å². The van der Waals surface area contributed by atoms with Gasteiger partial charge in [0.25, 0.3) is 0 Å². The number of β-amino-alcohol motifs (C(OH)–C–C–N with tert-alkyl or cyclic N) is 1. The third-order valence-electron chi connectivity index (χ3n) is 2.51. The van der Waals surface area contributed by atoms with Gasteiger partial charge >= 0.3 is 0 Å². The molecule has 0 aromatic rings. The maximum absolute atomic E-state index is 9.57. The second-order valence-corrected chi connectivity index (χ2v) is 3.47. The zero-order chi connectivity index (χ0) is 9.68. The van der Waals surface area contributed by atoms with Crippen molar-refractivity contribution >= 4 is 0 Å². The maximum atomic E-state index is 9.57. The zero-order valence-corrected chi connectivity index (χ0v) is 8.49. The average molecular weight is 188 g/mol. The van der Waals surface area contributed by atoms with Gasteiger partial charge in [-0.3, -0.25) is 4.90 Å². The predicted molar refractivity (Wildman–Crippen MR) is 51.8 cm³/mol. The smallest absolute Gasteiger partial charge is 0.0831 e. The van der Waals surface area contributed by atoms with Crippen LogP contribution in [0.1, 0.15) is 6.92 Å². The van der Waals surface area contributed by atoms with E-state index < -0.39 is 0 Å². The number of ether oxygens (including phenoxy) is 1. The van der Waals surface area contributed by atoms with Gasteiger partial charge in [-0.1, -0.05) is 0 Å². The largest absolute Gasteiger partial charge is 0.390 e. The Morgan fingerprint density at radius 2 is 2.31 bits per heavy atom. The van der Waals surface area contributed by atoms with Crippen molar-refractivity contribution in [3.05, 3.63) is 0 Å². The lowest BCUT2D eigenvalue weighted by molar-refractivity contribution is 0.0677. The molecule has 2 unspecified atom stereocenters. The van der Waals surface area contributed by atoms with Crippen LogP contribution in [-0.4, -0.2) is 62.0 Å². The van der Waals surface area contributed by atoms with E-state index in [2.05, 4.69) is 10.2 Å². The lowest BCUT2D eigenvalue weighted by Gasteiger charge is -2.25. The highest BCUT2D eigenvalue weighted by Crippen LogP contribution is 2.06. The second kappa shape index (κ2) is 5.54. The molecular weight excluding hydrogens is 168 g/mol. The van der Waals surface area contributed by atoms with E-state index in [4.69, 9.17) is 4.74 Å². The van der Waals surface area contributed by atoms with Crippen molar-refractivity contribution in [2.45, 2.75) is 19.1 Å². The summed E-state index contributed by atoms with van der Waals surface area (Å²) in [4.78, 5) is 2.15. The summed E-state index contributed by atoms with van der Waals surface area (Å²) >= 11 is 0. The summed E-state index contributed by atoms with van der Waals surface area (Å²) in [5.41, 5.74) is 0. The van der Waals surface area contributed by atoms with Crippen LogP contribution in [0.25, 0.3) is 0 Å². The molecule has 2 N–H and O–H groups in total. The Balaban J connectivity index is 2.18. The number of nitrogens with one attached hydrogen (secondary N) is 1. The summed E-state index contributed by atoms with van der Waals surface area (Å²) in [5, 5.41) is 12.7. The summed E-state index contributed by atoms with van der Waals surface area (Å²) in [6, 6.07) is 0.250. The third kappa shape index (κ3) is 3.23. The lowest BCUT2D eigenvalue weighted by atomic mass is 10.2. The summed E-state index contributed by atoms with van der Waals surface area (Å²) in [6.45, 7) is 5.98. The van der Waals surface area contributed by atoms with E-state index in [0.717, 1.165) is 26.3 Å². The van der Waals surface area contributed by atoms with Crippen molar-refractivity contribution in [1.82, 2.24) is 10.2 Å². The SMILES string of the molecule is CCOCCN(C)C1CNCC1O. The molecule has 1 aliphatic rings. The number of nitrogens with zero attached hydrogens (tertiary/aromatic N) is 1. The fourth-order valence-electron chi connectivity index (χ4n) is 1.62. The maximum Gasteiger partial charge on any atom is 0.0831 e. The van der Waals surface area contributed by atoms with E-state index in [0.29, 0.717) is 6.54 Å². The van der Waals surface area contributed by atoms with Gasteiger partial charge < -0.3 is 15.2 Å². The monoisotopic (exact) mass is 188 g/mol. The van der Waals surface area contributed by atoms with Crippen LogP contribution in [0.5, 0.6) is 0 Å². The molecule has 1 rings (SSSR count). The molecule has 1 fully saturated rings. The summed E-state index contributed by atoms with van der Waals surface area (Å²) < 4.78 is 5.26. The molecule has 0 amide bonds. The topological polar surface area (TPSA) is 44.7 Å². The molecule has 13 heavy (non-hydrogen) atoms. The summed E-state index contributed by atoms with van der Waals surface area (Å²) in [6.07, 6.45) is -0.230. The van der Waals surface area contributed by atoms with Crippen molar-refractivity contribution in [3.8, 4) is 0 Å². The first-order valence-electron chi connectivity index (χ1n) is 4.92.